The molecule has 3 nitrogen and oxygen atoms in total. The van der Waals surface area contributed by atoms with Crippen LogP contribution < -0.4 is 0 Å². The number of fused-ring (bicyclic) bond motifs is 1. The number of alkyl halides is 3. The van der Waals surface area contributed by atoms with Crippen molar-refractivity contribution in [2.75, 3.05) is 0 Å². The lowest BCUT2D eigenvalue weighted by atomic mass is 10.1. The van der Waals surface area contributed by atoms with E-state index < -0.39 is 11.7 Å². The summed E-state index contributed by atoms with van der Waals surface area (Å²) in [6.45, 7) is 7.56. The normalized spacial score (nSPS) is 14.2. The third-order valence-electron chi connectivity index (χ3n) is 5.46. The molecule has 1 fully saturated rings. The van der Waals surface area contributed by atoms with Crippen molar-refractivity contribution in [3.05, 3.63) is 81.2 Å². The van der Waals surface area contributed by atoms with Crippen LogP contribution in [0.25, 0.3) is 26.3 Å². The van der Waals surface area contributed by atoms with Crippen LogP contribution in [0, 0.1) is 6.57 Å². The van der Waals surface area contributed by atoms with Gasteiger partial charge in [0.2, 0.25) is 0 Å². The average Bonchev–Trinajstić information content (AvgIpc) is 3.37. The lowest BCUT2D eigenvalue weighted by Gasteiger charge is -2.12. The van der Waals surface area contributed by atoms with Crippen LogP contribution in [0.4, 0.5) is 18.9 Å². The quantitative estimate of drug-likeness (QED) is 0.285. The van der Waals surface area contributed by atoms with E-state index in [1.54, 1.807) is 24.3 Å². The second-order valence-electron chi connectivity index (χ2n) is 7.58. The number of hydrogen-bond donors (Lipinski definition) is 0. The van der Waals surface area contributed by atoms with E-state index in [1.165, 1.54) is 17.4 Å². The molecule has 0 bridgehead atoms. The van der Waals surface area contributed by atoms with Crippen molar-refractivity contribution in [1.29, 1.82) is 0 Å². The number of nitrogens with zero attached hydrogens (tertiary/aromatic N) is 3. The summed E-state index contributed by atoms with van der Waals surface area (Å²) in [7, 11) is 0. The first-order valence-electron chi connectivity index (χ1n) is 9.66. The zero-order valence-electron chi connectivity index (χ0n) is 16.1. The molecule has 2 heterocycles. The average molecular weight is 458 g/mol. The van der Waals surface area contributed by atoms with Gasteiger partial charge in [-0.1, -0.05) is 29.8 Å². The lowest BCUT2D eigenvalue weighted by molar-refractivity contribution is -0.135. The zero-order valence-corrected chi connectivity index (χ0v) is 17.7. The van der Waals surface area contributed by atoms with Crippen LogP contribution in [0.2, 0.25) is 5.02 Å². The number of aromatic nitrogens is 2. The molecule has 1 aliphatic carbocycles. The van der Waals surface area contributed by atoms with Gasteiger partial charge in [-0.15, -0.1) is 11.3 Å². The Kier molecular flexibility index (Phi) is 4.80. The van der Waals surface area contributed by atoms with Crippen molar-refractivity contribution in [3.63, 3.8) is 0 Å². The van der Waals surface area contributed by atoms with Gasteiger partial charge in [0, 0.05) is 32.6 Å². The van der Waals surface area contributed by atoms with E-state index in [4.69, 9.17) is 23.2 Å². The molecule has 0 saturated heterocycles. The molecule has 0 aliphatic heterocycles. The smallest absolute Gasteiger partial charge is 0.338 e. The highest BCUT2D eigenvalue weighted by atomic mass is 35.5. The van der Waals surface area contributed by atoms with Crippen LogP contribution in [-0.2, 0) is 12.7 Å². The van der Waals surface area contributed by atoms with Gasteiger partial charge < -0.3 is 4.57 Å². The summed E-state index contributed by atoms with van der Waals surface area (Å²) in [5, 5.41) is 3.51. The van der Waals surface area contributed by atoms with Crippen LogP contribution >= 0.6 is 22.9 Å². The number of benzene rings is 2. The molecule has 4 aromatic rings. The van der Waals surface area contributed by atoms with Crippen LogP contribution in [-0.4, -0.2) is 9.55 Å². The lowest BCUT2D eigenvalue weighted by Crippen LogP contribution is -2.07. The van der Waals surface area contributed by atoms with Gasteiger partial charge in [-0.05, 0) is 43.0 Å². The van der Waals surface area contributed by atoms with Gasteiger partial charge in [0.05, 0.1) is 24.4 Å². The summed E-state index contributed by atoms with van der Waals surface area (Å²) >= 11 is 7.45. The minimum Gasteiger partial charge on any atom is -0.338 e. The summed E-state index contributed by atoms with van der Waals surface area (Å²) in [4.78, 5) is 7.82. The second-order valence-corrected chi connectivity index (χ2v) is 8.88. The molecule has 0 radical (unpaired) electrons. The van der Waals surface area contributed by atoms with E-state index in [0.717, 1.165) is 34.8 Å². The largest absolute Gasteiger partial charge is 0.408 e. The molecule has 0 atom stereocenters. The van der Waals surface area contributed by atoms with Crippen molar-refractivity contribution in [3.8, 4) is 10.6 Å². The minimum absolute atomic E-state index is 0.0936. The summed E-state index contributed by atoms with van der Waals surface area (Å²) < 4.78 is 43.3. The Bertz CT molecular complexity index is 1330. The van der Waals surface area contributed by atoms with Crippen molar-refractivity contribution in [2.45, 2.75) is 31.5 Å². The maximum absolute atomic E-state index is 13.8. The van der Waals surface area contributed by atoms with Gasteiger partial charge in [-0.2, -0.15) is 13.2 Å². The van der Waals surface area contributed by atoms with Gasteiger partial charge in [-0.3, -0.25) is 0 Å². The monoisotopic (exact) mass is 457 g/mol. The van der Waals surface area contributed by atoms with E-state index in [2.05, 4.69) is 4.85 Å². The Labute approximate surface area is 185 Å². The fourth-order valence-electron chi connectivity index (χ4n) is 3.89. The maximum atomic E-state index is 13.8. The Morgan fingerprint density at radius 2 is 1.90 bits per heavy atom. The van der Waals surface area contributed by atoms with Gasteiger partial charge in [0.1, 0.15) is 5.01 Å². The number of hydrogen-bond acceptors (Lipinski definition) is 2. The first kappa shape index (κ1) is 20.1. The molecule has 31 heavy (non-hydrogen) atoms. The molecule has 2 aromatic carbocycles. The number of rotatable bonds is 4. The van der Waals surface area contributed by atoms with E-state index in [0.29, 0.717) is 17.1 Å². The Hall–Kier alpha value is -2.82. The first-order valence-corrected chi connectivity index (χ1v) is 10.9. The van der Waals surface area contributed by atoms with Crippen LogP contribution in [0.15, 0.2) is 47.8 Å². The molecule has 1 saturated carbocycles. The van der Waals surface area contributed by atoms with Crippen LogP contribution in [0.3, 0.4) is 0 Å². The van der Waals surface area contributed by atoms with Crippen molar-refractivity contribution >= 4 is 39.5 Å². The van der Waals surface area contributed by atoms with E-state index in [1.807, 2.05) is 22.1 Å². The van der Waals surface area contributed by atoms with E-state index in [9.17, 15) is 13.2 Å². The predicted octanol–water partition coefficient (Wildman–Crippen LogP) is 7.91. The molecule has 5 rings (SSSR count). The second kappa shape index (κ2) is 7.40. The molecule has 0 spiro atoms. The molecule has 0 amide bonds. The molecule has 1 aliphatic rings. The minimum atomic E-state index is -4.59. The first-order chi connectivity index (χ1) is 14.8. The van der Waals surface area contributed by atoms with Gasteiger partial charge >= 0.3 is 6.18 Å². The molecular formula is C23H15ClF3N3S. The zero-order chi connectivity index (χ0) is 21.8. The Morgan fingerprint density at radius 3 is 2.55 bits per heavy atom. The summed E-state index contributed by atoms with van der Waals surface area (Å²) in [6, 6.07) is 11.9. The highest BCUT2D eigenvalue weighted by Gasteiger charge is 2.37. The summed E-state index contributed by atoms with van der Waals surface area (Å²) in [5.41, 5.74) is 1.89. The number of thiazole rings is 1. The molecule has 0 N–H and O–H groups in total. The SMILES string of the molecule is [C-]#[N+]c1ccc2c(cc(C3CC3)n2Cc2csc(-c3ccc(Cl)cc3)n2)c1C(F)(F)F. The van der Waals surface area contributed by atoms with Gasteiger partial charge in [-0.25, -0.2) is 9.83 Å². The standard InChI is InChI=1S/C23H15ClF3N3S/c1-28-18-8-9-19-17(21(18)23(25,26)27)10-20(13-2-3-13)30(19)11-16-12-31-22(29-16)14-4-6-15(24)7-5-14/h4-10,12-13H,2-3,11H2. The third-order valence-corrected chi connectivity index (χ3v) is 6.65. The topological polar surface area (TPSA) is 22.2 Å². The molecule has 2 aromatic heterocycles. The van der Waals surface area contributed by atoms with Gasteiger partial charge in [0.25, 0.3) is 0 Å². The predicted molar refractivity (Wildman–Crippen MR) is 117 cm³/mol. The maximum Gasteiger partial charge on any atom is 0.408 e. The van der Waals surface area contributed by atoms with Crippen LogP contribution in [0.1, 0.15) is 35.7 Å². The van der Waals surface area contributed by atoms with Gasteiger partial charge in [0.15, 0.2) is 5.69 Å². The van der Waals surface area contributed by atoms with Crippen LogP contribution in [0.5, 0.6) is 0 Å². The summed E-state index contributed by atoms with van der Waals surface area (Å²) in [5.74, 6) is 0.249. The molecule has 8 heteroatoms. The fourth-order valence-corrected chi connectivity index (χ4v) is 4.84. The Morgan fingerprint density at radius 1 is 1.16 bits per heavy atom. The molecule has 0 unspecified atom stereocenters. The molecular weight excluding hydrogens is 443 g/mol. The fraction of sp³-hybridized carbons (Fsp3) is 0.217. The van der Waals surface area contributed by atoms with E-state index in [-0.39, 0.29) is 17.0 Å². The van der Waals surface area contributed by atoms with Crippen molar-refractivity contribution in [1.82, 2.24) is 9.55 Å². The Balaban J connectivity index is 1.60. The summed E-state index contributed by atoms with van der Waals surface area (Å²) in [6.07, 6.45) is -2.67. The van der Waals surface area contributed by atoms with Crippen molar-refractivity contribution in [2.24, 2.45) is 0 Å². The molecule has 156 valence electrons. The van der Waals surface area contributed by atoms with Crippen molar-refractivity contribution < 1.29 is 13.2 Å². The highest BCUT2D eigenvalue weighted by molar-refractivity contribution is 7.13. The van der Waals surface area contributed by atoms with E-state index >= 15 is 0 Å². The highest BCUT2D eigenvalue weighted by Crippen LogP contribution is 2.47. The number of halogens is 4. The third kappa shape index (κ3) is 3.71.